The number of aromatic nitrogens is 3. The number of aromatic amines is 1. The quantitative estimate of drug-likeness (QED) is 0.575. The maximum absolute atomic E-state index is 12.6. The number of nitrogens with one attached hydrogen (secondary N) is 1. The first-order valence-electron chi connectivity index (χ1n) is 11.7. The van der Waals surface area contributed by atoms with Crippen LogP contribution >= 0.6 is 11.6 Å². The van der Waals surface area contributed by atoms with Gasteiger partial charge in [0.25, 0.3) is 6.01 Å². The molecule has 2 aromatic heterocycles. The van der Waals surface area contributed by atoms with E-state index in [1.165, 1.54) is 11.3 Å². The molecule has 180 valence electrons. The van der Waals surface area contributed by atoms with Gasteiger partial charge in [-0.05, 0) is 44.0 Å². The van der Waals surface area contributed by atoms with Gasteiger partial charge in [-0.15, -0.1) is 0 Å². The third-order valence-corrected chi connectivity index (χ3v) is 7.16. The van der Waals surface area contributed by atoms with Crippen molar-refractivity contribution in [3.05, 3.63) is 34.9 Å². The van der Waals surface area contributed by atoms with Crippen LogP contribution in [0.5, 0.6) is 6.01 Å². The second kappa shape index (κ2) is 8.74. The number of halogens is 1. The molecule has 0 unspecified atom stereocenters. The van der Waals surface area contributed by atoms with Crippen molar-refractivity contribution in [2.24, 2.45) is 5.41 Å². The molecule has 9 heteroatoms. The van der Waals surface area contributed by atoms with Gasteiger partial charge in [-0.3, -0.25) is 4.79 Å². The molecule has 0 bridgehead atoms. The molecule has 2 aliphatic heterocycles. The number of carbonyl (C=O) groups excluding carboxylic acids is 1. The third-order valence-electron chi connectivity index (χ3n) is 6.87. The fourth-order valence-electron chi connectivity index (χ4n) is 4.70. The van der Waals surface area contributed by atoms with E-state index >= 15 is 0 Å². The fraction of sp³-hybridized carbons (Fsp3) is 0.480. The number of imidazole rings is 1. The van der Waals surface area contributed by atoms with E-state index in [0.29, 0.717) is 48.3 Å². The smallest absolute Gasteiger partial charge is 0.296 e. The van der Waals surface area contributed by atoms with Gasteiger partial charge in [0.15, 0.2) is 5.65 Å². The van der Waals surface area contributed by atoms with E-state index in [-0.39, 0.29) is 18.6 Å². The van der Waals surface area contributed by atoms with Gasteiger partial charge in [-0.2, -0.15) is 4.98 Å². The van der Waals surface area contributed by atoms with Crippen LogP contribution in [0.15, 0.2) is 24.3 Å². The van der Waals surface area contributed by atoms with Gasteiger partial charge in [-0.1, -0.05) is 17.7 Å². The number of benzene rings is 1. The molecule has 5 rings (SSSR count). The minimum Gasteiger partial charge on any atom is -0.461 e. The molecule has 1 aromatic carbocycles. The molecular formula is C25H30ClN5O3. The molecule has 2 N–H and O–H groups in total. The zero-order chi connectivity index (χ0) is 24.0. The van der Waals surface area contributed by atoms with Gasteiger partial charge in [-0.25, -0.2) is 4.98 Å². The molecule has 1 saturated heterocycles. The first-order chi connectivity index (χ1) is 16.2. The van der Waals surface area contributed by atoms with Gasteiger partial charge in [0.05, 0.1) is 28.3 Å². The Hall–Kier alpha value is -2.84. The Bertz CT molecular complexity index is 1230. The van der Waals surface area contributed by atoms with E-state index < -0.39 is 5.41 Å². The van der Waals surface area contributed by atoms with Crippen LogP contribution < -0.4 is 9.64 Å². The van der Waals surface area contributed by atoms with Crippen LogP contribution in [0.1, 0.15) is 32.3 Å². The summed E-state index contributed by atoms with van der Waals surface area (Å²) >= 11 is 6.60. The highest BCUT2D eigenvalue weighted by atomic mass is 35.5. The van der Waals surface area contributed by atoms with Gasteiger partial charge in [0, 0.05) is 50.8 Å². The summed E-state index contributed by atoms with van der Waals surface area (Å²) in [5, 5.41) is 10.0. The van der Waals surface area contributed by atoms with Crippen LogP contribution in [-0.4, -0.2) is 70.3 Å². The van der Waals surface area contributed by atoms with E-state index in [1.807, 2.05) is 6.07 Å². The van der Waals surface area contributed by atoms with E-state index in [4.69, 9.17) is 21.3 Å². The van der Waals surface area contributed by atoms with Gasteiger partial charge in [0.2, 0.25) is 5.91 Å². The summed E-state index contributed by atoms with van der Waals surface area (Å²) in [5.41, 5.74) is 4.77. The van der Waals surface area contributed by atoms with Crippen molar-refractivity contribution in [2.75, 3.05) is 38.2 Å². The summed E-state index contributed by atoms with van der Waals surface area (Å²) in [6.07, 6.45) is 2.37. The number of nitrogens with zero attached hydrogens (tertiary/aromatic N) is 4. The number of pyridine rings is 1. The lowest BCUT2D eigenvalue weighted by Gasteiger charge is -2.36. The molecule has 1 fully saturated rings. The van der Waals surface area contributed by atoms with Crippen molar-refractivity contribution >= 4 is 34.4 Å². The second-order valence-corrected chi connectivity index (χ2v) is 10.3. The third kappa shape index (κ3) is 4.20. The Labute approximate surface area is 203 Å². The molecule has 4 heterocycles. The number of amides is 1. The highest BCUT2D eigenvalue weighted by Gasteiger charge is 2.34. The molecular weight excluding hydrogens is 454 g/mol. The number of aliphatic hydroxyl groups excluding tert-OH is 1. The van der Waals surface area contributed by atoms with Crippen molar-refractivity contribution in [3.63, 3.8) is 0 Å². The molecule has 3 aromatic rings. The zero-order valence-corrected chi connectivity index (χ0v) is 20.5. The first-order valence-corrected chi connectivity index (χ1v) is 12.1. The van der Waals surface area contributed by atoms with Crippen LogP contribution in [-0.2, 0) is 11.2 Å². The average molecular weight is 484 g/mol. The Morgan fingerprint density at radius 1 is 1.24 bits per heavy atom. The molecule has 8 nitrogen and oxygen atoms in total. The number of H-pyrrole nitrogens is 1. The summed E-state index contributed by atoms with van der Waals surface area (Å²) in [5.74, 6) is -0.0261. The van der Waals surface area contributed by atoms with Gasteiger partial charge >= 0.3 is 0 Å². The lowest BCUT2D eigenvalue weighted by molar-refractivity contribution is -0.144. The number of hydrogen-bond acceptors (Lipinski definition) is 6. The molecule has 1 amide bonds. The van der Waals surface area contributed by atoms with Crippen LogP contribution in [0.3, 0.4) is 0 Å². The number of hydrogen-bond donors (Lipinski definition) is 2. The Morgan fingerprint density at radius 3 is 2.74 bits per heavy atom. The van der Waals surface area contributed by atoms with Crippen LogP contribution in [0.2, 0.25) is 5.02 Å². The van der Waals surface area contributed by atoms with Crippen molar-refractivity contribution < 1.29 is 14.6 Å². The Balaban J connectivity index is 1.30. The van der Waals surface area contributed by atoms with Crippen molar-refractivity contribution in [2.45, 2.75) is 39.2 Å². The largest absolute Gasteiger partial charge is 0.461 e. The van der Waals surface area contributed by atoms with Gasteiger partial charge < -0.3 is 24.6 Å². The van der Waals surface area contributed by atoms with Crippen molar-refractivity contribution in [1.82, 2.24) is 19.9 Å². The van der Waals surface area contributed by atoms with Crippen LogP contribution in [0.25, 0.3) is 22.4 Å². The number of aliphatic hydroxyl groups is 1. The number of anilines is 1. The normalized spacial score (nSPS) is 16.9. The monoisotopic (exact) mass is 483 g/mol. The number of likely N-dealkylation sites (tertiary alicyclic amines) is 1. The summed E-state index contributed by atoms with van der Waals surface area (Å²) < 4.78 is 6.10. The SMILES string of the molecule is CN1CCc2cc(-c3nc4nc(OC5CCN(C(=O)C(C)(C)CO)CC5)[nH]c4cc3Cl)ccc21. The number of piperidine rings is 1. The molecule has 0 aliphatic carbocycles. The molecule has 34 heavy (non-hydrogen) atoms. The molecule has 0 atom stereocenters. The number of rotatable bonds is 5. The highest BCUT2D eigenvalue weighted by molar-refractivity contribution is 6.33. The van der Waals surface area contributed by atoms with Crippen molar-refractivity contribution in [3.8, 4) is 17.3 Å². The fourth-order valence-corrected chi connectivity index (χ4v) is 4.96. The predicted octanol–water partition coefficient (Wildman–Crippen LogP) is 3.66. The maximum atomic E-state index is 12.6. The zero-order valence-electron chi connectivity index (χ0n) is 19.8. The average Bonchev–Trinajstić information content (AvgIpc) is 3.40. The first kappa shape index (κ1) is 22.9. The van der Waals surface area contributed by atoms with Crippen LogP contribution in [0.4, 0.5) is 5.69 Å². The molecule has 0 saturated carbocycles. The van der Waals surface area contributed by atoms with Crippen molar-refractivity contribution in [1.29, 1.82) is 0 Å². The predicted molar refractivity (Wildman–Crippen MR) is 132 cm³/mol. The van der Waals surface area contributed by atoms with Gasteiger partial charge in [0.1, 0.15) is 6.10 Å². The van der Waals surface area contributed by atoms with Crippen LogP contribution in [0, 0.1) is 5.41 Å². The molecule has 0 radical (unpaired) electrons. The van der Waals surface area contributed by atoms with E-state index in [2.05, 4.69) is 40.1 Å². The van der Waals surface area contributed by atoms with E-state index in [9.17, 15) is 9.90 Å². The summed E-state index contributed by atoms with van der Waals surface area (Å²) in [6, 6.07) is 8.59. The number of fused-ring (bicyclic) bond motifs is 2. The summed E-state index contributed by atoms with van der Waals surface area (Å²) in [4.78, 5) is 29.1. The number of carbonyl (C=O) groups is 1. The van der Waals surface area contributed by atoms with E-state index in [1.54, 1.807) is 18.7 Å². The molecule has 0 spiro atoms. The number of likely N-dealkylation sites (N-methyl/N-ethyl adjacent to an activating group) is 1. The minimum atomic E-state index is -0.760. The summed E-state index contributed by atoms with van der Waals surface area (Å²) in [6.45, 7) is 5.57. The topological polar surface area (TPSA) is 94.6 Å². The lowest BCUT2D eigenvalue weighted by Crippen LogP contribution is -2.48. The number of ether oxygens (including phenoxy) is 1. The van der Waals surface area contributed by atoms with E-state index in [0.717, 1.165) is 24.0 Å². The highest BCUT2D eigenvalue weighted by Crippen LogP contribution is 2.35. The minimum absolute atomic E-state index is 0.0261. The Kier molecular flexibility index (Phi) is 5.90. The second-order valence-electron chi connectivity index (χ2n) is 9.90. The Morgan fingerprint density at radius 2 is 2.00 bits per heavy atom. The lowest BCUT2D eigenvalue weighted by atomic mass is 9.91. The molecule has 2 aliphatic rings. The summed E-state index contributed by atoms with van der Waals surface area (Å²) in [7, 11) is 2.10. The maximum Gasteiger partial charge on any atom is 0.296 e. The standard InChI is InChI=1S/C25H30ClN5O3/c1-25(2,14-32)23(33)31-10-7-17(8-11-31)34-24-27-19-13-18(26)21(28-22(19)29-24)16-4-5-20-15(12-16)6-9-30(20)3/h4-5,12-13,17,32H,6-11,14H2,1-3H3,(H,27,28,29).